The quantitative estimate of drug-likeness (QED) is 0.686. The molecule has 4 rings (SSSR count). The van der Waals surface area contributed by atoms with Crippen molar-refractivity contribution in [2.45, 2.75) is 0 Å². The molecule has 0 atom stereocenters. The summed E-state index contributed by atoms with van der Waals surface area (Å²) in [4.78, 5) is 12.4. The number of rotatable bonds is 5. The highest BCUT2D eigenvalue weighted by Gasteiger charge is 2.37. The summed E-state index contributed by atoms with van der Waals surface area (Å²) >= 11 is 0. The van der Waals surface area contributed by atoms with Crippen molar-refractivity contribution in [3.05, 3.63) is 54.0 Å². The van der Waals surface area contributed by atoms with E-state index >= 15 is 0 Å². The Balaban J connectivity index is 1.49. The summed E-state index contributed by atoms with van der Waals surface area (Å²) in [5.41, 5.74) is 1.06. The maximum Gasteiger partial charge on any atom is 0.326 e. The first-order chi connectivity index (χ1) is 13.8. The summed E-state index contributed by atoms with van der Waals surface area (Å²) in [5.74, 6) is -0.448. The first-order valence-electron chi connectivity index (χ1n) is 8.74. The number of fused-ring (bicyclic) bond motifs is 2. The monoisotopic (exact) mass is 419 g/mol. The fraction of sp³-hybridized carbons (Fsp3) is 0.211. The summed E-state index contributed by atoms with van der Waals surface area (Å²) in [6.07, 6.45) is 0. The molecule has 0 fully saturated rings. The minimum atomic E-state index is -3.83. The van der Waals surface area contributed by atoms with Crippen LogP contribution in [0, 0.1) is 5.82 Å². The van der Waals surface area contributed by atoms with E-state index in [4.69, 9.17) is 9.15 Å². The van der Waals surface area contributed by atoms with Crippen molar-refractivity contribution in [2.24, 2.45) is 0 Å². The maximum absolute atomic E-state index is 13.6. The fourth-order valence-electron chi connectivity index (χ4n) is 3.26. The van der Waals surface area contributed by atoms with Crippen LogP contribution < -0.4 is 18.7 Å². The van der Waals surface area contributed by atoms with E-state index < -0.39 is 21.9 Å². The van der Waals surface area contributed by atoms with Crippen LogP contribution in [0.2, 0.25) is 0 Å². The van der Waals surface area contributed by atoms with Gasteiger partial charge in [0, 0.05) is 25.0 Å². The van der Waals surface area contributed by atoms with Crippen LogP contribution in [0.3, 0.4) is 0 Å². The highest BCUT2D eigenvalue weighted by molar-refractivity contribution is 7.94. The number of amides is 1. The average molecular weight is 419 g/mol. The second-order valence-corrected chi connectivity index (χ2v) is 8.31. The van der Waals surface area contributed by atoms with Crippen LogP contribution in [-0.4, -0.2) is 41.6 Å². The summed E-state index contributed by atoms with van der Waals surface area (Å²) in [7, 11) is -0.925. The van der Waals surface area contributed by atoms with Crippen LogP contribution >= 0.6 is 0 Å². The van der Waals surface area contributed by atoms with Gasteiger partial charge in [0.25, 0.3) is 5.91 Å². The van der Waals surface area contributed by atoms with Crippen molar-refractivity contribution < 1.29 is 26.8 Å². The SMILES string of the molecule is COc1cccc2cc(C(=O)NCCN3c4cc(F)ccc4N(C)S3(=O)=O)oc12. The van der Waals surface area contributed by atoms with Crippen LogP contribution in [0.1, 0.15) is 10.6 Å². The molecule has 152 valence electrons. The molecular formula is C19H18FN3O5S. The maximum atomic E-state index is 13.6. The van der Waals surface area contributed by atoms with Gasteiger partial charge < -0.3 is 14.5 Å². The number of hydrogen-bond donors (Lipinski definition) is 1. The molecule has 1 aliphatic rings. The van der Waals surface area contributed by atoms with E-state index in [-0.39, 0.29) is 24.5 Å². The third-order valence-electron chi connectivity index (χ3n) is 4.72. The van der Waals surface area contributed by atoms with E-state index in [0.717, 1.165) is 14.7 Å². The molecule has 1 amide bonds. The molecule has 2 heterocycles. The molecule has 10 heteroatoms. The van der Waals surface area contributed by atoms with Gasteiger partial charge in [-0.2, -0.15) is 8.42 Å². The zero-order valence-electron chi connectivity index (χ0n) is 15.7. The summed E-state index contributed by atoms with van der Waals surface area (Å²) in [5, 5.41) is 3.34. The molecule has 0 unspecified atom stereocenters. The molecule has 0 saturated carbocycles. The Morgan fingerprint density at radius 3 is 2.76 bits per heavy atom. The molecule has 0 spiro atoms. The lowest BCUT2D eigenvalue weighted by atomic mass is 10.2. The number of halogens is 1. The first kappa shape index (κ1) is 19.1. The Morgan fingerprint density at radius 2 is 2.00 bits per heavy atom. The summed E-state index contributed by atoms with van der Waals surface area (Å²) in [6, 6.07) is 10.6. The fourth-order valence-corrected chi connectivity index (χ4v) is 4.68. The standard InChI is InChI=1S/C19H18FN3O5S/c1-22-14-7-6-13(20)11-15(14)23(29(22,25)26)9-8-21-19(24)17-10-12-4-3-5-16(27-2)18(12)28-17/h3-7,10-11H,8-9H2,1-2H3,(H,21,24). The number of methoxy groups -OCH3 is 1. The molecule has 2 aromatic carbocycles. The Morgan fingerprint density at radius 1 is 1.21 bits per heavy atom. The van der Waals surface area contributed by atoms with Crippen LogP contribution in [0.25, 0.3) is 11.0 Å². The molecule has 1 N–H and O–H groups in total. The molecule has 0 saturated heterocycles. The lowest BCUT2D eigenvalue weighted by Crippen LogP contribution is -2.40. The van der Waals surface area contributed by atoms with Crippen LogP contribution in [0.4, 0.5) is 15.8 Å². The van der Waals surface area contributed by atoms with Gasteiger partial charge in [-0.1, -0.05) is 12.1 Å². The number of ether oxygens (including phenoxy) is 1. The number of anilines is 2. The third kappa shape index (κ3) is 3.15. The Labute approximate surface area is 166 Å². The molecule has 1 aliphatic heterocycles. The molecular weight excluding hydrogens is 401 g/mol. The Bertz CT molecular complexity index is 1210. The van der Waals surface area contributed by atoms with Gasteiger partial charge in [0.1, 0.15) is 5.82 Å². The minimum Gasteiger partial charge on any atom is -0.493 e. The summed E-state index contributed by atoms with van der Waals surface area (Å²) < 4.78 is 51.7. The normalized spacial score (nSPS) is 14.9. The zero-order chi connectivity index (χ0) is 20.8. The van der Waals surface area contributed by atoms with Crippen LogP contribution in [0.15, 0.2) is 46.9 Å². The molecule has 0 aliphatic carbocycles. The van der Waals surface area contributed by atoms with Crippen LogP contribution in [0.5, 0.6) is 5.75 Å². The molecule has 29 heavy (non-hydrogen) atoms. The molecule has 0 bridgehead atoms. The van der Waals surface area contributed by atoms with Gasteiger partial charge in [-0.15, -0.1) is 0 Å². The van der Waals surface area contributed by atoms with E-state index in [1.54, 1.807) is 24.3 Å². The Hall–Kier alpha value is -3.27. The predicted octanol–water partition coefficient (Wildman–Crippen LogP) is 2.51. The van der Waals surface area contributed by atoms with E-state index in [9.17, 15) is 17.6 Å². The smallest absolute Gasteiger partial charge is 0.326 e. The lowest BCUT2D eigenvalue weighted by Gasteiger charge is -2.19. The number of hydrogen-bond acceptors (Lipinski definition) is 5. The number of carbonyl (C=O) groups is 1. The number of nitrogens with zero attached hydrogens (tertiary/aromatic N) is 2. The van der Waals surface area contributed by atoms with E-state index in [2.05, 4.69) is 5.32 Å². The van der Waals surface area contributed by atoms with Gasteiger partial charge in [0.2, 0.25) is 0 Å². The molecule has 3 aromatic rings. The van der Waals surface area contributed by atoms with Crippen molar-refractivity contribution in [1.29, 1.82) is 0 Å². The largest absolute Gasteiger partial charge is 0.493 e. The molecule has 8 nitrogen and oxygen atoms in total. The van der Waals surface area contributed by atoms with E-state index in [1.807, 2.05) is 0 Å². The topological polar surface area (TPSA) is 92.1 Å². The highest BCUT2D eigenvalue weighted by Crippen LogP contribution is 2.39. The van der Waals surface area contributed by atoms with Gasteiger partial charge in [-0.05, 0) is 24.3 Å². The minimum absolute atomic E-state index is 0.00996. The van der Waals surface area contributed by atoms with Crippen molar-refractivity contribution in [1.82, 2.24) is 5.32 Å². The number of furan rings is 1. The number of nitrogens with one attached hydrogen (secondary N) is 1. The summed E-state index contributed by atoms with van der Waals surface area (Å²) in [6.45, 7) is -0.0472. The average Bonchev–Trinajstić information content (AvgIpc) is 3.21. The molecule has 1 aromatic heterocycles. The lowest BCUT2D eigenvalue weighted by molar-refractivity contribution is 0.0929. The van der Waals surface area contributed by atoms with Gasteiger partial charge in [-0.25, -0.2) is 8.70 Å². The molecule has 0 radical (unpaired) electrons. The zero-order valence-corrected chi connectivity index (χ0v) is 16.5. The van der Waals surface area contributed by atoms with Gasteiger partial charge in [0.15, 0.2) is 17.1 Å². The van der Waals surface area contributed by atoms with Crippen molar-refractivity contribution >= 4 is 38.5 Å². The number of carbonyl (C=O) groups excluding carboxylic acids is 1. The van der Waals surface area contributed by atoms with Crippen LogP contribution in [-0.2, 0) is 10.2 Å². The number of benzene rings is 2. The Kier molecular flexibility index (Phi) is 4.58. The van der Waals surface area contributed by atoms with Gasteiger partial charge in [0.05, 0.1) is 25.0 Å². The second-order valence-electron chi connectivity index (χ2n) is 6.43. The van der Waals surface area contributed by atoms with E-state index in [0.29, 0.717) is 22.4 Å². The van der Waals surface area contributed by atoms with E-state index in [1.165, 1.54) is 26.3 Å². The van der Waals surface area contributed by atoms with Crippen molar-refractivity contribution in [3.8, 4) is 5.75 Å². The van der Waals surface area contributed by atoms with Gasteiger partial charge in [-0.3, -0.25) is 9.10 Å². The number of para-hydroxylation sites is 1. The van der Waals surface area contributed by atoms with Crippen molar-refractivity contribution in [3.63, 3.8) is 0 Å². The predicted molar refractivity (Wildman–Crippen MR) is 106 cm³/mol. The van der Waals surface area contributed by atoms with Gasteiger partial charge >= 0.3 is 10.2 Å². The van der Waals surface area contributed by atoms with Crippen molar-refractivity contribution in [2.75, 3.05) is 35.9 Å². The second kappa shape index (κ2) is 6.96. The first-order valence-corrected chi connectivity index (χ1v) is 10.1. The highest BCUT2D eigenvalue weighted by atomic mass is 32.2. The third-order valence-corrected chi connectivity index (χ3v) is 6.55.